The summed E-state index contributed by atoms with van der Waals surface area (Å²) in [7, 11) is 0. The van der Waals surface area contributed by atoms with Crippen LogP contribution in [0, 0.1) is 0 Å². The van der Waals surface area contributed by atoms with E-state index in [4.69, 9.17) is 4.74 Å². The minimum absolute atomic E-state index is 0.124. The minimum Gasteiger partial charge on any atom is -0.545 e. The number of benzene rings is 1. The van der Waals surface area contributed by atoms with Crippen LogP contribution in [0.5, 0.6) is 0 Å². The second-order valence-electron chi connectivity index (χ2n) is 3.49. The third-order valence-corrected chi connectivity index (χ3v) is 2.22. The van der Waals surface area contributed by atoms with Gasteiger partial charge in [-0.3, -0.25) is 4.79 Å². The van der Waals surface area contributed by atoms with Gasteiger partial charge in [0.2, 0.25) is 0 Å². The van der Waals surface area contributed by atoms with Crippen molar-refractivity contribution < 1.29 is 24.2 Å². The number of Topliss-reactive ketones (excluding diaryl/α,β-unsaturated/α-hetero) is 1. The molecule has 0 bridgehead atoms. The molecule has 0 aliphatic carbocycles. The molecule has 1 atom stereocenters. The van der Waals surface area contributed by atoms with Gasteiger partial charge in [-0.1, -0.05) is 18.2 Å². The molecule has 1 aromatic rings. The van der Waals surface area contributed by atoms with E-state index >= 15 is 0 Å². The van der Waals surface area contributed by atoms with Crippen LogP contribution in [-0.2, 0) is 9.53 Å². The first kappa shape index (κ1) is 12.9. The number of aromatic carboxylic acids is 1. The lowest BCUT2D eigenvalue weighted by atomic mass is 10.1. The van der Waals surface area contributed by atoms with Gasteiger partial charge >= 0.3 is 5.97 Å². The molecule has 0 radical (unpaired) electrons. The molecule has 0 aromatic heterocycles. The van der Waals surface area contributed by atoms with E-state index in [9.17, 15) is 19.5 Å². The fraction of sp³-hybridized carbons (Fsp3) is 0.250. The summed E-state index contributed by atoms with van der Waals surface area (Å²) >= 11 is 0. The van der Waals surface area contributed by atoms with Crippen molar-refractivity contribution in [1.29, 1.82) is 0 Å². The zero-order valence-corrected chi connectivity index (χ0v) is 9.43. The number of hydrogen-bond acceptors (Lipinski definition) is 5. The van der Waals surface area contributed by atoms with Gasteiger partial charge in [0.15, 0.2) is 11.9 Å². The van der Waals surface area contributed by atoms with Crippen LogP contribution in [0.1, 0.15) is 34.6 Å². The van der Waals surface area contributed by atoms with Crippen molar-refractivity contribution >= 4 is 17.7 Å². The molecule has 0 fully saturated rings. The number of carboxylic acids is 1. The highest BCUT2D eigenvalue weighted by molar-refractivity contribution is 6.02. The summed E-state index contributed by atoms with van der Waals surface area (Å²) in [4.78, 5) is 33.3. The Balaban J connectivity index is 2.97. The van der Waals surface area contributed by atoms with E-state index in [0.717, 1.165) is 0 Å². The first-order valence-corrected chi connectivity index (χ1v) is 4.95. The number of esters is 1. The molecule has 90 valence electrons. The Labute approximate surface area is 98.0 Å². The molecule has 0 saturated heterocycles. The van der Waals surface area contributed by atoms with Crippen molar-refractivity contribution in [3.63, 3.8) is 0 Å². The van der Waals surface area contributed by atoms with Crippen molar-refractivity contribution in [3.8, 4) is 0 Å². The predicted molar refractivity (Wildman–Crippen MR) is 56.3 cm³/mol. The number of carbonyl (C=O) groups is 3. The quantitative estimate of drug-likeness (QED) is 0.695. The summed E-state index contributed by atoms with van der Waals surface area (Å²) in [5.74, 6) is -2.63. The van der Waals surface area contributed by atoms with Crippen molar-refractivity contribution in [2.24, 2.45) is 0 Å². The molecule has 0 spiro atoms. The second-order valence-corrected chi connectivity index (χ2v) is 3.49. The molecular weight excluding hydrogens is 224 g/mol. The SMILES string of the molecule is CC(=O)C(C)OC(=O)c1ccccc1C(=O)[O-]. The molecule has 1 rings (SSSR count). The van der Waals surface area contributed by atoms with Gasteiger partial charge in [-0.2, -0.15) is 0 Å². The van der Waals surface area contributed by atoms with Crippen LogP contribution in [0.25, 0.3) is 0 Å². The maximum Gasteiger partial charge on any atom is 0.339 e. The average Bonchev–Trinajstić information content (AvgIpc) is 2.28. The van der Waals surface area contributed by atoms with Crippen molar-refractivity contribution in [2.45, 2.75) is 20.0 Å². The molecule has 0 amide bonds. The lowest BCUT2D eigenvalue weighted by Gasteiger charge is -2.12. The van der Waals surface area contributed by atoms with Crippen molar-refractivity contribution in [2.75, 3.05) is 0 Å². The van der Waals surface area contributed by atoms with Crippen LogP contribution in [0.2, 0.25) is 0 Å². The lowest BCUT2D eigenvalue weighted by molar-refractivity contribution is -0.255. The van der Waals surface area contributed by atoms with Crippen LogP contribution in [0.3, 0.4) is 0 Å². The van der Waals surface area contributed by atoms with E-state index in [1.54, 1.807) is 0 Å². The fourth-order valence-corrected chi connectivity index (χ4v) is 1.15. The molecule has 0 aliphatic rings. The topological polar surface area (TPSA) is 83.5 Å². The summed E-state index contributed by atoms with van der Waals surface area (Å²) in [5, 5.41) is 10.8. The fourth-order valence-electron chi connectivity index (χ4n) is 1.15. The average molecular weight is 235 g/mol. The number of ether oxygens (including phenoxy) is 1. The second kappa shape index (κ2) is 5.25. The number of rotatable bonds is 4. The maximum absolute atomic E-state index is 11.6. The third kappa shape index (κ3) is 3.14. The molecule has 0 saturated carbocycles. The zero-order chi connectivity index (χ0) is 13.0. The first-order chi connectivity index (χ1) is 7.93. The van der Waals surface area contributed by atoms with E-state index in [-0.39, 0.29) is 16.9 Å². The summed E-state index contributed by atoms with van der Waals surface area (Å²) in [6.07, 6.45) is -0.905. The summed E-state index contributed by atoms with van der Waals surface area (Å²) in [6, 6.07) is 5.52. The highest BCUT2D eigenvalue weighted by Gasteiger charge is 2.18. The smallest absolute Gasteiger partial charge is 0.339 e. The largest absolute Gasteiger partial charge is 0.545 e. The number of carbonyl (C=O) groups excluding carboxylic acids is 3. The summed E-state index contributed by atoms with van der Waals surface area (Å²) < 4.78 is 4.81. The van der Waals surface area contributed by atoms with Gasteiger partial charge in [-0.25, -0.2) is 4.79 Å². The number of ketones is 1. The Kier molecular flexibility index (Phi) is 3.98. The molecular formula is C12H11O5-. The van der Waals surface area contributed by atoms with Gasteiger partial charge < -0.3 is 14.6 Å². The first-order valence-electron chi connectivity index (χ1n) is 4.95. The molecule has 0 N–H and O–H groups in total. The molecule has 1 unspecified atom stereocenters. The Morgan fingerprint density at radius 1 is 1.18 bits per heavy atom. The van der Waals surface area contributed by atoms with E-state index in [1.165, 1.54) is 38.1 Å². The van der Waals surface area contributed by atoms with Gasteiger partial charge in [0.05, 0.1) is 11.5 Å². The van der Waals surface area contributed by atoms with E-state index < -0.39 is 18.0 Å². The zero-order valence-electron chi connectivity index (χ0n) is 9.43. The van der Waals surface area contributed by atoms with Crippen LogP contribution in [-0.4, -0.2) is 23.8 Å². The molecule has 0 aliphatic heterocycles. The highest BCUT2D eigenvalue weighted by atomic mass is 16.5. The van der Waals surface area contributed by atoms with E-state index in [1.807, 2.05) is 0 Å². The van der Waals surface area contributed by atoms with Crippen molar-refractivity contribution in [1.82, 2.24) is 0 Å². The number of carboxylic acid groups (broad SMARTS) is 1. The molecule has 0 heterocycles. The Hall–Kier alpha value is -2.17. The molecule has 5 nitrogen and oxygen atoms in total. The van der Waals surface area contributed by atoms with Crippen LogP contribution >= 0.6 is 0 Å². The number of hydrogen-bond donors (Lipinski definition) is 0. The summed E-state index contributed by atoms with van der Waals surface area (Å²) in [5.41, 5.74) is -0.381. The van der Waals surface area contributed by atoms with Gasteiger partial charge in [-0.15, -0.1) is 0 Å². The van der Waals surface area contributed by atoms with Gasteiger partial charge in [-0.05, 0) is 19.9 Å². The van der Waals surface area contributed by atoms with Crippen LogP contribution < -0.4 is 5.11 Å². The van der Waals surface area contributed by atoms with Gasteiger partial charge in [0.25, 0.3) is 0 Å². The monoisotopic (exact) mass is 235 g/mol. The predicted octanol–water partition coefficient (Wildman–Crippen LogP) is 0.184. The Bertz CT molecular complexity index is 464. The maximum atomic E-state index is 11.6. The van der Waals surface area contributed by atoms with Gasteiger partial charge in [0.1, 0.15) is 0 Å². The normalized spacial score (nSPS) is 11.6. The van der Waals surface area contributed by atoms with Gasteiger partial charge in [0, 0.05) is 5.56 Å². The van der Waals surface area contributed by atoms with E-state index in [2.05, 4.69) is 0 Å². The molecule has 17 heavy (non-hydrogen) atoms. The highest BCUT2D eigenvalue weighted by Crippen LogP contribution is 2.10. The van der Waals surface area contributed by atoms with E-state index in [0.29, 0.717) is 0 Å². The minimum atomic E-state index is -1.46. The van der Waals surface area contributed by atoms with Crippen molar-refractivity contribution in [3.05, 3.63) is 35.4 Å². The Morgan fingerprint density at radius 2 is 1.71 bits per heavy atom. The molecule has 1 aromatic carbocycles. The standard InChI is InChI=1S/C12H12O5/c1-7(13)8(2)17-12(16)10-6-4-3-5-9(10)11(14)15/h3-6,8H,1-2H3,(H,14,15)/p-1. The Morgan fingerprint density at radius 3 is 2.18 bits per heavy atom. The van der Waals surface area contributed by atoms with Crippen LogP contribution in [0.15, 0.2) is 24.3 Å². The van der Waals surface area contributed by atoms with Crippen LogP contribution in [0.4, 0.5) is 0 Å². The molecule has 5 heteroatoms. The lowest BCUT2D eigenvalue weighted by Crippen LogP contribution is -2.27. The third-order valence-electron chi connectivity index (χ3n) is 2.22. The summed E-state index contributed by atoms with van der Waals surface area (Å²) in [6.45, 7) is 2.70.